The Bertz CT molecular complexity index is 421. The van der Waals surface area contributed by atoms with Gasteiger partial charge in [-0.1, -0.05) is 22.9 Å². The quantitative estimate of drug-likeness (QED) is 0.824. The molecule has 17 heavy (non-hydrogen) atoms. The van der Waals surface area contributed by atoms with E-state index in [0.717, 1.165) is 11.3 Å². The molecule has 0 saturated heterocycles. The van der Waals surface area contributed by atoms with Crippen molar-refractivity contribution in [3.8, 4) is 0 Å². The number of methoxy groups -OCH3 is 1. The largest absolute Gasteiger partial charge is 0.465 e. The molecule has 6 nitrogen and oxygen atoms in total. The van der Waals surface area contributed by atoms with Crippen LogP contribution in [0, 0.1) is 0 Å². The summed E-state index contributed by atoms with van der Waals surface area (Å²) >= 11 is 6.75. The van der Waals surface area contributed by atoms with Gasteiger partial charge in [0.1, 0.15) is 6.54 Å². The molecule has 1 aromatic heterocycles. The summed E-state index contributed by atoms with van der Waals surface area (Å²) in [7, 11) is 1.25. The zero-order valence-corrected chi connectivity index (χ0v) is 10.9. The highest BCUT2D eigenvalue weighted by Gasteiger charge is 2.17. The predicted octanol–water partition coefficient (Wildman–Crippen LogP) is 1.56. The Morgan fingerprint density at radius 3 is 2.82 bits per heavy atom. The molecule has 0 atom stereocenters. The van der Waals surface area contributed by atoms with Crippen LogP contribution in [-0.4, -0.2) is 37.2 Å². The third-order valence-corrected chi connectivity index (χ3v) is 3.02. The van der Waals surface area contributed by atoms with Crippen molar-refractivity contribution in [3.63, 3.8) is 0 Å². The normalized spacial score (nSPS) is 9.82. The maximum absolute atomic E-state index is 11.2. The molecule has 1 heterocycles. The van der Waals surface area contributed by atoms with Crippen LogP contribution in [0.15, 0.2) is 0 Å². The van der Waals surface area contributed by atoms with Gasteiger partial charge in [0.25, 0.3) is 0 Å². The number of halogens is 1. The molecule has 0 amide bonds. The van der Waals surface area contributed by atoms with Gasteiger partial charge in [0, 0.05) is 0 Å². The SMILES string of the molecule is CCOC(=O)CNc1nc(Cl)c(C(=O)OC)s1. The third-order valence-electron chi connectivity index (χ3n) is 1.65. The molecular formula is C9H11ClN2O4S. The Morgan fingerprint density at radius 2 is 2.24 bits per heavy atom. The first-order valence-corrected chi connectivity index (χ1v) is 5.92. The molecule has 0 saturated carbocycles. The second kappa shape index (κ2) is 6.41. The molecule has 0 fully saturated rings. The maximum atomic E-state index is 11.2. The molecule has 0 aliphatic carbocycles. The predicted molar refractivity (Wildman–Crippen MR) is 63.6 cm³/mol. The molecule has 0 bridgehead atoms. The van der Waals surface area contributed by atoms with Crippen LogP contribution < -0.4 is 5.32 Å². The monoisotopic (exact) mass is 278 g/mol. The van der Waals surface area contributed by atoms with Crippen LogP contribution in [0.4, 0.5) is 5.13 Å². The number of carbonyl (C=O) groups excluding carboxylic acids is 2. The molecule has 0 spiro atoms. The van der Waals surface area contributed by atoms with E-state index in [9.17, 15) is 9.59 Å². The lowest BCUT2D eigenvalue weighted by molar-refractivity contribution is -0.140. The highest BCUT2D eigenvalue weighted by molar-refractivity contribution is 7.18. The molecular weight excluding hydrogens is 268 g/mol. The van der Waals surface area contributed by atoms with Crippen molar-refractivity contribution in [3.05, 3.63) is 10.0 Å². The minimum atomic E-state index is -0.559. The summed E-state index contributed by atoms with van der Waals surface area (Å²) < 4.78 is 9.24. The number of hydrogen-bond acceptors (Lipinski definition) is 7. The molecule has 1 aromatic rings. The van der Waals surface area contributed by atoms with Crippen LogP contribution in [-0.2, 0) is 14.3 Å². The van der Waals surface area contributed by atoms with Crippen LogP contribution in [0.3, 0.4) is 0 Å². The number of esters is 2. The van der Waals surface area contributed by atoms with Crippen LogP contribution in [0.5, 0.6) is 0 Å². The van der Waals surface area contributed by atoms with Gasteiger partial charge in [-0.05, 0) is 6.92 Å². The molecule has 1 rings (SSSR count). The van der Waals surface area contributed by atoms with E-state index in [1.165, 1.54) is 7.11 Å². The number of ether oxygens (including phenoxy) is 2. The number of anilines is 1. The number of aromatic nitrogens is 1. The van der Waals surface area contributed by atoms with Gasteiger partial charge in [0.2, 0.25) is 0 Å². The van der Waals surface area contributed by atoms with Gasteiger partial charge >= 0.3 is 11.9 Å². The second-order valence-corrected chi connectivity index (χ2v) is 4.15. The van der Waals surface area contributed by atoms with Crippen LogP contribution in [0.1, 0.15) is 16.6 Å². The van der Waals surface area contributed by atoms with Crippen LogP contribution in [0.25, 0.3) is 0 Å². The lowest BCUT2D eigenvalue weighted by Crippen LogP contribution is -2.16. The molecule has 1 N–H and O–H groups in total. The van der Waals surface area contributed by atoms with E-state index < -0.39 is 11.9 Å². The van der Waals surface area contributed by atoms with E-state index in [4.69, 9.17) is 16.3 Å². The Balaban J connectivity index is 2.61. The first-order chi connectivity index (χ1) is 8.08. The summed E-state index contributed by atoms with van der Waals surface area (Å²) in [6.07, 6.45) is 0. The Morgan fingerprint density at radius 1 is 1.53 bits per heavy atom. The summed E-state index contributed by atoms with van der Waals surface area (Å²) in [6.45, 7) is 2.00. The third kappa shape index (κ3) is 3.86. The molecule has 0 unspecified atom stereocenters. The van der Waals surface area contributed by atoms with Gasteiger partial charge in [-0.2, -0.15) is 0 Å². The van der Waals surface area contributed by atoms with Crippen molar-refractivity contribution in [2.45, 2.75) is 6.92 Å². The number of hydrogen-bond donors (Lipinski definition) is 1. The van der Waals surface area contributed by atoms with E-state index in [2.05, 4.69) is 15.0 Å². The highest BCUT2D eigenvalue weighted by atomic mass is 35.5. The van der Waals surface area contributed by atoms with E-state index in [0.29, 0.717) is 11.7 Å². The molecule has 8 heteroatoms. The summed E-state index contributed by atoms with van der Waals surface area (Å²) in [6, 6.07) is 0. The number of rotatable bonds is 5. The van der Waals surface area contributed by atoms with E-state index in [1.54, 1.807) is 6.92 Å². The lowest BCUT2D eigenvalue weighted by atomic mass is 10.6. The smallest absolute Gasteiger partial charge is 0.351 e. The van der Waals surface area contributed by atoms with Crippen molar-refractivity contribution in [2.75, 3.05) is 25.6 Å². The van der Waals surface area contributed by atoms with E-state index >= 15 is 0 Å². The first kappa shape index (κ1) is 13.7. The highest BCUT2D eigenvalue weighted by Crippen LogP contribution is 2.27. The fraction of sp³-hybridized carbons (Fsp3) is 0.444. The Kier molecular flexibility index (Phi) is 5.17. The molecule has 0 aliphatic rings. The molecule has 0 radical (unpaired) electrons. The Hall–Kier alpha value is -1.34. The van der Waals surface area contributed by atoms with Gasteiger partial charge in [0.05, 0.1) is 13.7 Å². The topological polar surface area (TPSA) is 77.5 Å². The maximum Gasteiger partial charge on any atom is 0.351 e. The number of carbonyl (C=O) groups is 2. The molecule has 94 valence electrons. The van der Waals surface area contributed by atoms with Crippen molar-refractivity contribution in [1.82, 2.24) is 4.98 Å². The average Bonchev–Trinajstić information content (AvgIpc) is 2.67. The van der Waals surface area contributed by atoms with Gasteiger partial charge < -0.3 is 14.8 Å². The summed E-state index contributed by atoms with van der Waals surface area (Å²) in [4.78, 5) is 26.4. The van der Waals surface area contributed by atoms with Crippen molar-refractivity contribution >= 4 is 40.0 Å². The zero-order chi connectivity index (χ0) is 12.8. The van der Waals surface area contributed by atoms with Crippen molar-refractivity contribution in [1.29, 1.82) is 0 Å². The summed E-state index contributed by atoms with van der Waals surface area (Å²) in [5, 5.41) is 3.12. The first-order valence-electron chi connectivity index (χ1n) is 4.72. The van der Waals surface area contributed by atoms with Gasteiger partial charge in [-0.3, -0.25) is 4.79 Å². The fourth-order valence-electron chi connectivity index (χ4n) is 0.956. The molecule has 0 aliphatic heterocycles. The van der Waals surface area contributed by atoms with Crippen molar-refractivity contribution in [2.24, 2.45) is 0 Å². The molecule has 0 aromatic carbocycles. The standard InChI is InChI=1S/C9H11ClN2O4S/c1-3-16-5(13)4-11-9-12-7(10)6(17-9)8(14)15-2/h3-4H2,1-2H3,(H,11,12). The average molecular weight is 279 g/mol. The van der Waals surface area contributed by atoms with Gasteiger partial charge in [-0.25, -0.2) is 9.78 Å². The number of nitrogens with one attached hydrogen (secondary N) is 1. The number of nitrogens with zero attached hydrogens (tertiary/aromatic N) is 1. The minimum Gasteiger partial charge on any atom is -0.465 e. The summed E-state index contributed by atoms with van der Waals surface area (Å²) in [5.74, 6) is -0.963. The van der Waals surface area contributed by atoms with Crippen molar-refractivity contribution < 1.29 is 19.1 Å². The van der Waals surface area contributed by atoms with Crippen LogP contribution in [0.2, 0.25) is 5.15 Å². The van der Waals surface area contributed by atoms with Crippen LogP contribution >= 0.6 is 22.9 Å². The fourth-order valence-corrected chi connectivity index (χ4v) is 2.05. The summed E-state index contributed by atoms with van der Waals surface area (Å²) in [5.41, 5.74) is 0. The minimum absolute atomic E-state index is 0.0295. The van der Waals surface area contributed by atoms with Gasteiger partial charge in [0.15, 0.2) is 15.2 Å². The Labute approximate surface area is 107 Å². The van der Waals surface area contributed by atoms with Gasteiger partial charge in [-0.15, -0.1) is 0 Å². The number of thiazole rings is 1. The van der Waals surface area contributed by atoms with E-state index in [1.807, 2.05) is 0 Å². The zero-order valence-electron chi connectivity index (χ0n) is 9.28. The lowest BCUT2D eigenvalue weighted by Gasteiger charge is -2.01. The second-order valence-electron chi connectivity index (χ2n) is 2.79. The van der Waals surface area contributed by atoms with E-state index in [-0.39, 0.29) is 16.6 Å².